The second-order valence-electron chi connectivity index (χ2n) is 3.50. The smallest absolute Gasteiger partial charge is 0.344 e. The van der Waals surface area contributed by atoms with Crippen LogP contribution in [0.4, 0.5) is 0 Å². The normalized spacial score (nSPS) is 19.8. The van der Waals surface area contributed by atoms with E-state index in [0.717, 1.165) is 19.4 Å². The van der Waals surface area contributed by atoms with Crippen LogP contribution in [0.1, 0.15) is 12.8 Å². The summed E-state index contributed by atoms with van der Waals surface area (Å²) in [5.41, 5.74) is -0.240. The maximum Gasteiger partial charge on any atom is 0.344 e. The number of nitrogens with zero attached hydrogens (tertiary/aromatic N) is 3. The first-order chi connectivity index (χ1) is 7.81. The van der Waals surface area contributed by atoms with Gasteiger partial charge in [0.25, 0.3) is 0 Å². The first-order valence-electron chi connectivity index (χ1n) is 5.08. The monoisotopic (exact) mass is 240 g/mol. The third-order valence-electron chi connectivity index (χ3n) is 2.40. The summed E-state index contributed by atoms with van der Waals surface area (Å²) in [4.78, 5) is 11.5. The van der Waals surface area contributed by atoms with Gasteiger partial charge in [0.15, 0.2) is 5.16 Å². The van der Waals surface area contributed by atoms with Gasteiger partial charge in [-0.15, -0.1) is 5.10 Å². The molecule has 1 aromatic heterocycles. The first kappa shape index (κ1) is 11.2. The molecule has 1 atom stereocenters. The van der Waals surface area contributed by atoms with Crippen LogP contribution < -0.4 is 5.69 Å². The number of nitriles is 1. The van der Waals surface area contributed by atoms with E-state index < -0.39 is 0 Å². The molecular formula is C9H12N4O2S. The standard InChI is InChI=1S/C9H12N4O2S/c10-3-5-16-9-12-11-8(14)13(9)6-7-2-1-4-15-7/h7H,1-2,4-6H2,(H,11,14)/t7-/m1/s1. The minimum atomic E-state index is -0.240. The van der Waals surface area contributed by atoms with Crippen molar-refractivity contribution >= 4 is 11.8 Å². The number of aromatic nitrogens is 3. The highest BCUT2D eigenvalue weighted by molar-refractivity contribution is 7.99. The van der Waals surface area contributed by atoms with E-state index in [2.05, 4.69) is 10.2 Å². The molecule has 0 saturated carbocycles. The summed E-state index contributed by atoms with van der Waals surface area (Å²) in [6, 6.07) is 2.01. The number of H-pyrrole nitrogens is 1. The molecule has 0 unspecified atom stereocenters. The van der Waals surface area contributed by atoms with Gasteiger partial charge in [-0.1, -0.05) is 11.8 Å². The molecule has 1 N–H and O–H groups in total. The number of nitrogens with one attached hydrogen (secondary N) is 1. The Kier molecular flexibility index (Phi) is 3.64. The average Bonchev–Trinajstić information content (AvgIpc) is 2.89. The van der Waals surface area contributed by atoms with Crippen LogP contribution in [0.25, 0.3) is 0 Å². The summed E-state index contributed by atoms with van der Waals surface area (Å²) in [6.45, 7) is 1.28. The quantitative estimate of drug-likeness (QED) is 0.768. The third kappa shape index (κ3) is 2.46. The van der Waals surface area contributed by atoms with E-state index in [1.165, 1.54) is 16.3 Å². The van der Waals surface area contributed by atoms with E-state index in [0.29, 0.717) is 11.7 Å². The van der Waals surface area contributed by atoms with Crippen LogP contribution in [0, 0.1) is 11.3 Å². The molecule has 2 heterocycles. The van der Waals surface area contributed by atoms with Crippen LogP contribution in [0.2, 0.25) is 0 Å². The van der Waals surface area contributed by atoms with Crippen molar-refractivity contribution in [1.82, 2.24) is 14.8 Å². The van der Waals surface area contributed by atoms with Gasteiger partial charge < -0.3 is 4.74 Å². The number of thioether (sulfide) groups is 1. The molecule has 1 aromatic rings. The minimum Gasteiger partial charge on any atom is -0.376 e. The lowest BCUT2D eigenvalue weighted by atomic mass is 10.2. The molecule has 1 aliphatic heterocycles. The Morgan fingerprint density at radius 2 is 2.62 bits per heavy atom. The lowest BCUT2D eigenvalue weighted by Crippen LogP contribution is -2.24. The van der Waals surface area contributed by atoms with E-state index in [1.807, 2.05) is 6.07 Å². The van der Waals surface area contributed by atoms with Crippen LogP contribution >= 0.6 is 11.8 Å². The Hall–Kier alpha value is -1.26. The lowest BCUT2D eigenvalue weighted by Gasteiger charge is -2.10. The van der Waals surface area contributed by atoms with Gasteiger partial charge in [0.2, 0.25) is 0 Å². The molecule has 1 aliphatic rings. The van der Waals surface area contributed by atoms with Gasteiger partial charge in [0.1, 0.15) is 0 Å². The summed E-state index contributed by atoms with van der Waals surface area (Å²) < 4.78 is 7.00. The predicted octanol–water partition coefficient (Wildman–Crippen LogP) is 0.366. The Balaban J connectivity index is 2.08. The fourth-order valence-electron chi connectivity index (χ4n) is 1.66. The van der Waals surface area contributed by atoms with E-state index in [1.54, 1.807) is 0 Å². The fraction of sp³-hybridized carbons (Fsp3) is 0.667. The Labute approximate surface area is 96.6 Å². The molecule has 1 fully saturated rings. The number of hydrogen-bond acceptors (Lipinski definition) is 5. The van der Waals surface area contributed by atoms with Gasteiger partial charge in [-0.2, -0.15) is 5.26 Å². The highest BCUT2D eigenvalue weighted by Crippen LogP contribution is 2.17. The number of ether oxygens (including phenoxy) is 1. The predicted molar refractivity (Wildman–Crippen MR) is 58.2 cm³/mol. The highest BCUT2D eigenvalue weighted by atomic mass is 32.2. The van der Waals surface area contributed by atoms with Gasteiger partial charge >= 0.3 is 5.69 Å². The largest absolute Gasteiger partial charge is 0.376 e. The van der Waals surface area contributed by atoms with Crippen molar-refractivity contribution in [3.05, 3.63) is 10.5 Å². The van der Waals surface area contributed by atoms with Crippen molar-refractivity contribution in [3.8, 4) is 6.07 Å². The molecule has 7 heteroatoms. The Bertz CT molecular complexity index is 441. The van der Waals surface area contributed by atoms with E-state index >= 15 is 0 Å². The summed E-state index contributed by atoms with van der Waals surface area (Å²) in [5, 5.41) is 15.3. The molecule has 2 rings (SSSR count). The summed E-state index contributed by atoms with van der Waals surface area (Å²) in [5.74, 6) is 0.288. The second kappa shape index (κ2) is 5.18. The Morgan fingerprint density at radius 3 is 3.31 bits per heavy atom. The molecule has 0 radical (unpaired) electrons. The third-order valence-corrected chi connectivity index (χ3v) is 3.24. The number of hydrogen-bond donors (Lipinski definition) is 1. The Morgan fingerprint density at radius 1 is 1.75 bits per heavy atom. The zero-order valence-corrected chi connectivity index (χ0v) is 9.50. The van der Waals surface area contributed by atoms with Gasteiger partial charge in [0, 0.05) is 6.61 Å². The molecule has 0 spiro atoms. The lowest BCUT2D eigenvalue weighted by molar-refractivity contribution is 0.0941. The molecule has 86 valence electrons. The van der Waals surface area contributed by atoms with Gasteiger partial charge in [-0.3, -0.25) is 4.57 Å². The number of rotatable bonds is 4. The van der Waals surface area contributed by atoms with E-state index in [4.69, 9.17) is 10.00 Å². The molecule has 0 bridgehead atoms. The van der Waals surface area contributed by atoms with Crippen molar-refractivity contribution < 1.29 is 4.74 Å². The molecule has 16 heavy (non-hydrogen) atoms. The highest BCUT2D eigenvalue weighted by Gasteiger charge is 2.19. The van der Waals surface area contributed by atoms with Crippen molar-refractivity contribution in [2.45, 2.75) is 30.6 Å². The number of aromatic amines is 1. The van der Waals surface area contributed by atoms with Gasteiger partial charge in [-0.25, -0.2) is 9.89 Å². The molecule has 0 amide bonds. The summed E-state index contributed by atoms with van der Waals surface area (Å²) >= 11 is 1.26. The topological polar surface area (TPSA) is 83.7 Å². The van der Waals surface area contributed by atoms with Crippen LogP contribution in [0.5, 0.6) is 0 Å². The maximum atomic E-state index is 11.5. The molecule has 0 aromatic carbocycles. The minimum absolute atomic E-state index is 0.0942. The van der Waals surface area contributed by atoms with Crippen LogP contribution in [-0.2, 0) is 11.3 Å². The van der Waals surface area contributed by atoms with Crippen molar-refractivity contribution in [1.29, 1.82) is 5.26 Å². The van der Waals surface area contributed by atoms with Gasteiger partial charge in [-0.05, 0) is 12.8 Å². The zero-order valence-electron chi connectivity index (χ0n) is 8.68. The molecule has 0 aliphatic carbocycles. The fourth-order valence-corrected chi connectivity index (χ4v) is 2.28. The maximum absolute atomic E-state index is 11.5. The SMILES string of the molecule is N#CCSc1n[nH]c(=O)n1C[C@H]1CCCO1. The van der Waals surface area contributed by atoms with Gasteiger partial charge in [0.05, 0.1) is 24.5 Å². The van der Waals surface area contributed by atoms with Crippen molar-refractivity contribution in [2.75, 3.05) is 12.4 Å². The van der Waals surface area contributed by atoms with E-state index in [9.17, 15) is 4.79 Å². The summed E-state index contributed by atoms with van der Waals surface area (Å²) in [6.07, 6.45) is 2.11. The molecule has 1 saturated heterocycles. The second-order valence-corrected chi connectivity index (χ2v) is 4.45. The zero-order chi connectivity index (χ0) is 11.4. The van der Waals surface area contributed by atoms with Crippen molar-refractivity contribution in [3.63, 3.8) is 0 Å². The van der Waals surface area contributed by atoms with Crippen LogP contribution in [0.3, 0.4) is 0 Å². The van der Waals surface area contributed by atoms with E-state index in [-0.39, 0.29) is 17.5 Å². The van der Waals surface area contributed by atoms with Crippen molar-refractivity contribution in [2.24, 2.45) is 0 Å². The average molecular weight is 240 g/mol. The van der Waals surface area contributed by atoms with Crippen LogP contribution in [0.15, 0.2) is 9.95 Å². The first-order valence-corrected chi connectivity index (χ1v) is 6.06. The molecule has 6 nitrogen and oxygen atoms in total. The van der Waals surface area contributed by atoms with Crippen LogP contribution in [-0.4, -0.2) is 33.2 Å². The summed E-state index contributed by atoms with van der Waals surface area (Å²) in [7, 11) is 0. The molecular weight excluding hydrogens is 228 g/mol.